The number of nitrogens with zero attached hydrogens (tertiary/aromatic N) is 2. The predicted molar refractivity (Wildman–Crippen MR) is 139 cm³/mol. The van der Waals surface area contributed by atoms with E-state index in [-0.39, 0.29) is 18.6 Å². The number of nitrogens with one attached hydrogen (secondary N) is 2. The van der Waals surface area contributed by atoms with Crippen LogP contribution in [0.4, 0.5) is 0 Å². The van der Waals surface area contributed by atoms with Crippen LogP contribution in [-0.4, -0.2) is 52.7 Å². The summed E-state index contributed by atoms with van der Waals surface area (Å²) in [6.45, 7) is 8.28. The Morgan fingerprint density at radius 2 is 1.67 bits per heavy atom. The number of para-hydroxylation sites is 1. The van der Waals surface area contributed by atoms with Gasteiger partial charge in [0.2, 0.25) is 6.79 Å². The van der Waals surface area contributed by atoms with E-state index in [0.29, 0.717) is 28.2 Å². The molecule has 8 nitrogen and oxygen atoms in total. The molecule has 0 saturated carbocycles. The van der Waals surface area contributed by atoms with Crippen molar-refractivity contribution >= 4 is 44.8 Å². The minimum Gasteiger partial charge on any atom is -0.454 e. The maximum absolute atomic E-state index is 13.2. The zero-order valence-corrected chi connectivity index (χ0v) is 20.4. The van der Waals surface area contributed by atoms with Crippen LogP contribution >= 0.6 is 0 Å². The van der Waals surface area contributed by atoms with Crippen LogP contribution in [-0.2, 0) is 16.1 Å². The summed E-state index contributed by atoms with van der Waals surface area (Å²) in [5.74, 6) is 0.557. The molecule has 8 heteroatoms. The van der Waals surface area contributed by atoms with E-state index < -0.39 is 0 Å². The Labute approximate surface area is 208 Å². The monoisotopic (exact) mass is 484 g/mol. The van der Waals surface area contributed by atoms with Gasteiger partial charge in [0, 0.05) is 52.4 Å². The molecule has 0 saturated heterocycles. The normalized spacial score (nSPS) is 15.2. The number of carbonyl (C=O) groups is 2. The Morgan fingerprint density at radius 3 is 2.44 bits per heavy atom. The molecule has 0 fully saturated rings. The third-order valence-corrected chi connectivity index (χ3v) is 7.20. The van der Waals surface area contributed by atoms with E-state index in [9.17, 15) is 9.59 Å². The first-order valence-corrected chi connectivity index (χ1v) is 12.4. The molecular weight excluding hydrogens is 456 g/mol. The fourth-order valence-electron chi connectivity index (χ4n) is 5.32. The fourth-order valence-corrected chi connectivity index (χ4v) is 5.32. The number of carbonyl (C=O) groups excluding carboxylic acids is 2. The van der Waals surface area contributed by atoms with Crippen molar-refractivity contribution in [1.29, 1.82) is 0 Å². The first-order valence-electron chi connectivity index (χ1n) is 12.4. The van der Waals surface area contributed by atoms with Crippen LogP contribution < -0.4 is 14.8 Å². The summed E-state index contributed by atoms with van der Waals surface area (Å²) in [6, 6.07) is 11.7. The SMILES string of the molecule is CCN(CC)CCCn1cc(C2=C(c3c[nH]c4ccccc34)C(=O)NC2=O)c2cc3c(cc21)OCO3. The molecule has 0 unspecified atom stereocenters. The van der Waals surface area contributed by atoms with Gasteiger partial charge in [-0.05, 0) is 38.2 Å². The minimum atomic E-state index is -0.389. The Bertz CT molecular complexity index is 1540. The molecule has 0 atom stereocenters. The number of ether oxygens (including phenoxy) is 2. The third-order valence-electron chi connectivity index (χ3n) is 7.20. The highest BCUT2D eigenvalue weighted by atomic mass is 16.7. The molecule has 2 N–H and O–H groups in total. The Morgan fingerprint density at radius 1 is 0.944 bits per heavy atom. The summed E-state index contributed by atoms with van der Waals surface area (Å²) in [5.41, 5.74) is 4.07. The molecule has 2 aliphatic heterocycles. The standard InChI is InChI=1S/C28H28N4O4/c1-3-31(4-2)10-7-11-32-15-20(18-12-23-24(13-22(18)32)36-16-35-23)26-25(27(33)30-28(26)34)19-14-29-21-9-6-5-8-17(19)21/h5-6,8-9,12-15,29H,3-4,7,10-11,16H2,1-2H3,(H,30,33,34). The summed E-state index contributed by atoms with van der Waals surface area (Å²) in [6.07, 6.45) is 4.75. The van der Waals surface area contributed by atoms with Gasteiger partial charge in [0.1, 0.15) is 0 Å². The Kier molecular flexibility index (Phi) is 5.53. The number of hydrogen-bond donors (Lipinski definition) is 2. The number of imide groups is 1. The zero-order valence-electron chi connectivity index (χ0n) is 20.4. The molecule has 2 aliphatic rings. The van der Waals surface area contributed by atoms with Crippen LogP contribution in [0.15, 0.2) is 48.8 Å². The van der Waals surface area contributed by atoms with Crippen LogP contribution in [0, 0.1) is 0 Å². The molecule has 0 radical (unpaired) electrons. The lowest BCUT2D eigenvalue weighted by atomic mass is 9.95. The second kappa shape index (κ2) is 8.87. The maximum Gasteiger partial charge on any atom is 0.259 e. The Hall–Kier alpha value is -4.04. The van der Waals surface area contributed by atoms with Crippen molar-refractivity contribution in [2.24, 2.45) is 0 Å². The van der Waals surface area contributed by atoms with Gasteiger partial charge < -0.3 is 23.9 Å². The van der Waals surface area contributed by atoms with E-state index in [1.54, 1.807) is 6.20 Å². The first kappa shape index (κ1) is 22.4. The van der Waals surface area contributed by atoms with Crippen molar-refractivity contribution in [2.45, 2.75) is 26.8 Å². The predicted octanol–water partition coefficient (Wildman–Crippen LogP) is 4.15. The number of aromatic amines is 1. The molecule has 2 aromatic carbocycles. The van der Waals surface area contributed by atoms with E-state index in [0.717, 1.165) is 60.0 Å². The number of amides is 2. The maximum atomic E-state index is 13.2. The van der Waals surface area contributed by atoms with Gasteiger partial charge in [-0.2, -0.15) is 0 Å². The molecule has 2 amide bonds. The third kappa shape index (κ3) is 3.56. The first-order chi connectivity index (χ1) is 17.6. The van der Waals surface area contributed by atoms with Crippen LogP contribution in [0.2, 0.25) is 0 Å². The second-order valence-electron chi connectivity index (χ2n) is 9.12. The largest absolute Gasteiger partial charge is 0.454 e. The van der Waals surface area contributed by atoms with Crippen LogP contribution in [0.5, 0.6) is 11.5 Å². The van der Waals surface area contributed by atoms with Crippen LogP contribution in [0.1, 0.15) is 31.4 Å². The highest BCUT2D eigenvalue weighted by Gasteiger charge is 2.35. The zero-order chi connectivity index (χ0) is 24.8. The summed E-state index contributed by atoms with van der Waals surface area (Å²) in [4.78, 5) is 31.9. The van der Waals surface area contributed by atoms with Gasteiger partial charge in [-0.1, -0.05) is 32.0 Å². The lowest BCUT2D eigenvalue weighted by Crippen LogP contribution is -2.24. The van der Waals surface area contributed by atoms with Crippen molar-refractivity contribution in [1.82, 2.24) is 19.8 Å². The number of rotatable bonds is 8. The number of benzene rings is 2. The van der Waals surface area contributed by atoms with Crippen molar-refractivity contribution in [3.63, 3.8) is 0 Å². The van der Waals surface area contributed by atoms with Crippen molar-refractivity contribution in [3.8, 4) is 11.5 Å². The highest BCUT2D eigenvalue weighted by Crippen LogP contribution is 2.42. The smallest absolute Gasteiger partial charge is 0.259 e. The van der Waals surface area contributed by atoms with E-state index in [2.05, 4.69) is 33.6 Å². The molecule has 36 heavy (non-hydrogen) atoms. The summed E-state index contributed by atoms with van der Waals surface area (Å²) < 4.78 is 13.5. The van der Waals surface area contributed by atoms with E-state index in [1.165, 1.54) is 0 Å². The van der Waals surface area contributed by atoms with E-state index >= 15 is 0 Å². The number of aromatic nitrogens is 2. The van der Waals surface area contributed by atoms with E-state index in [1.807, 2.05) is 42.6 Å². The second-order valence-corrected chi connectivity index (χ2v) is 9.12. The topological polar surface area (TPSA) is 88.6 Å². The lowest BCUT2D eigenvalue weighted by molar-refractivity contribution is -0.122. The number of fused-ring (bicyclic) bond motifs is 3. The number of aryl methyl sites for hydroxylation is 1. The molecule has 2 aromatic heterocycles. The van der Waals surface area contributed by atoms with Gasteiger partial charge in [0.05, 0.1) is 16.7 Å². The summed E-state index contributed by atoms with van der Waals surface area (Å²) in [5, 5.41) is 4.29. The molecule has 184 valence electrons. The minimum absolute atomic E-state index is 0.168. The van der Waals surface area contributed by atoms with Gasteiger partial charge in [0.25, 0.3) is 11.8 Å². The van der Waals surface area contributed by atoms with Crippen molar-refractivity contribution in [2.75, 3.05) is 26.4 Å². The van der Waals surface area contributed by atoms with Crippen LogP contribution in [0.25, 0.3) is 33.0 Å². The molecular formula is C28H28N4O4. The number of hydrogen-bond acceptors (Lipinski definition) is 5. The molecule has 4 heterocycles. The summed E-state index contributed by atoms with van der Waals surface area (Å²) in [7, 11) is 0. The molecule has 0 bridgehead atoms. The highest BCUT2D eigenvalue weighted by molar-refractivity contribution is 6.50. The molecule has 4 aromatic rings. The average molecular weight is 485 g/mol. The van der Waals surface area contributed by atoms with Crippen LogP contribution in [0.3, 0.4) is 0 Å². The van der Waals surface area contributed by atoms with Gasteiger partial charge >= 0.3 is 0 Å². The average Bonchev–Trinajstić information content (AvgIpc) is 3.65. The number of H-pyrrole nitrogens is 1. The molecule has 0 aliphatic carbocycles. The lowest BCUT2D eigenvalue weighted by Gasteiger charge is -2.18. The van der Waals surface area contributed by atoms with Gasteiger partial charge in [-0.3, -0.25) is 14.9 Å². The van der Waals surface area contributed by atoms with Crippen molar-refractivity contribution in [3.05, 3.63) is 59.9 Å². The van der Waals surface area contributed by atoms with E-state index in [4.69, 9.17) is 9.47 Å². The summed E-state index contributed by atoms with van der Waals surface area (Å²) >= 11 is 0. The Balaban J connectivity index is 1.52. The fraction of sp³-hybridized carbons (Fsp3) is 0.286. The van der Waals surface area contributed by atoms with Gasteiger partial charge in [-0.25, -0.2) is 0 Å². The van der Waals surface area contributed by atoms with Gasteiger partial charge in [-0.15, -0.1) is 0 Å². The molecule has 6 rings (SSSR count). The molecule has 0 spiro atoms. The quantitative estimate of drug-likeness (QED) is 0.367. The van der Waals surface area contributed by atoms with Crippen molar-refractivity contribution < 1.29 is 19.1 Å². The van der Waals surface area contributed by atoms with Gasteiger partial charge in [0.15, 0.2) is 11.5 Å².